The van der Waals surface area contributed by atoms with Crippen LogP contribution in [0.1, 0.15) is 0 Å². The highest BCUT2D eigenvalue weighted by Gasteiger charge is 2.28. The van der Waals surface area contributed by atoms with Crippen LogP contribution in [0, 0.1) is 0 Å². The van der Waals surface area contributed by atoms with Gasteiger partial charge in [0.15, 0.2) is 0 Å². The van der Waals surface area contributed by atoms with Crippen molar-refractivity contribution in [3.8, 4) is 0 Å². The van der Waals surface area contributed by atoms with Crippen molar-refractivity contribution < 1.29 is 25.5 Å². The molecule has 0 aromatic heterocycles. The van der Waals surface area contributed by atoms with Gasteiger partial charge in [-0.1, -0.05) is 0 Å². The summed E-state index contributed by atoms with van der Waals surface area (Å²) in [4.78, 5) is 0. The number of aliphatic hydroxyl groups excluding tert-OH is 5. The molecule has 6 heteroatoms. The van der Waals surface area contributed by atoms with Gasteiger partial charge in [0, 0.05) is 0 Å². The largest absolute Gasteiger partial charge is 0.395 e. The quantitative estimate of drug-likeness (QED) is 0.271. The molecular formula is C6H14O5S. The first-order valence-electron chi connectivity index (χ1n) is 3.48. The van der Waals surface area contributed by atoms with Gasteiger partial charge in [-0.3, -0.25) is 0 Å². The van der Waals surface area contributed by atoms with Gasteiger partial charge in [0.2, 0.25) is 0 Å². The number of hydrogen-bond donors (Lipinski definition) is 6. The first-order chi connectivity index (χ1) is 5.54. The van der Waals surface area contributed by atoms with Crippen molar-refractivity contribution in [3.63, 3.8) is 0 Å². The fourth-order valence-corrected chi connectivity index (χ4v) is 0.848. The molecule has 12 heavy (non-hydrogen) atoms. The lowest BCUT2D eigenvalue weighted by Crippen LogP contribution is -2.45. The molecular weight excluding hydrogens is 184 g/mol. The van der Waals surface area contributed by atoms with Gasteiger partial charge in [0.1, 0.15) is 12.2 Å². The molecule has 0 fully saturated rings. The molecule has 0 saturated carbocycles. The van der Waals surface area contributed by atoms with Crippen LogP contribution in [0.15, 0.2) is 0 Å². The third-order valence-corrected chi connectivity index (χ3v) is 1.98. The molecule has 0 radical (unpaired) electrons. The Bertz CT molecular complexity index is 109. The minimum absolute atomic E-state index is 0.417. The van der Waals surface area contributed by atoms with Gasteiger partial charge in [-0.05, 0) is 0 Å². The first-order valence-corrected chi connectivity index (χ1v) is 4.00. The predicted octanol–water partition coefficient (Wildman–Crippen LogP) is -2.65. The zero-order valence-electron chi connectivity index (χ0n) is 6.41. The summed E-state index contributed by atoms with van der Waals surface area (Å²) < 4.78 is 0. The Balaban J connectivity index is 3.99. The molecule has 0 aromatic rings. The summed E-state index contributed by atoms with van der Waals surface area (Å²) in [6, 6.07) is 0. The molecule has 5 N–H and O–H groups in total. The van der Waals surface area contributed by atoms with Crippen LogP contribution in [0.2, 0.25) is 0 Å². The second-order valence-corrected chi connectivity index (χ2v) is 3.14. The van der Waals surface area contributed by atoms with Crippen LogP contribution < -0.4 is 0 Å². The van der Waals surface area contributed by atoms with Crippen LogP contribution in [0.5, 0.6) is 0 Å². The second-order valence-electron chi connectivity index (χ2n) is 2.48. The van der Waals surface area contributed by atoms with Gasteiger partial charge in [0.25, 0.3) is 0 Å². The summed E-state index contributed by atoms with van der Waals surface area (Å²) in [5.41, 5.74) is 0. The van der Waals surface area contributed by atoms with Gasteiger partial charge in [0.05, 0.1) is 24.6 Å². The molecule has 0 saturated heterocycles. The molecule has 0 spiro atoms. The topological polar surface area (TPSA) is 101 Å². The Kier molecular flexibility index (Phi) is 5.81. The molecule has 74 valence electrons. The van der Waals surface area contributed by atoms with Gasteiger partial charge in [-0.2, -0.15) is 12.6 Å². The van der Waals surface area contributed by atoms with E-state index in [9.17, 15) is 0 Å². The van der Waals surface area contributed by atoms with Crippen molar-refractivity contribution in [1.29, 1.82) is 0 Å². The highest BCUT2D eigenvalue weighted by molar-refractivity contribution is 7.81. The summed E-state index contributed by atoms with van der Waals surface area (Å²) in [6.07, 6.45) is -4.27. The van der Waals surface area contributed by atoms with Crippen molar-refractivity contribution in [2.45, 2.75) is 23.6 Å². The predicted molar refractivity (Wildman–Crippen MR) is 45.0 cm³/mol. The van der Waals surface area contributed by atoms with Gasteiger partial charge in [-0.25, -0.2) is 0 Å². The molecule has 0 aliphatic carbocycles. The number of thiol groups is 1. The van der Waals surface area contributed by atoms with Crippen molar-refractivity contribution in [2.75, 3.05) is 13.2 Å². The monoisotopic (exact) mass is 198 g/mol. The summed E-state index contributed by atoms with van der Waals surface area (Å²) in [7, 11) is 0. The molecule has 0 aliphatic rings. The summed E-state index contributed by atoms with van der Waals surface area (Å²) in [5, 5.41) is 43.1. The van der Waals surface area contributed by atoms with Gasteiger partial charge < -0.3 is 25.5 Å². The zero-order chi connectivity index (χ0) is 9.72. The fourth-order valence-electron chi connectivity index (χ4n) is 0.671. The lowest BCUT2D eigenvalue weighted by Gasteiger charge is -2.24. The van der Waals surface area contributed by atoms with Gasteiger partial charge in [-0.15, -0.1) is 0 Å². The maximum atomic E-state index is 9.13. The molecule has 0 unspecified atom stereocenters. The molecule has 0 bridgehead atoms. The SMILES string of the molecule is OC[C@@H](O)[C@@H](O)[C@H](O)[C@@H](S)CO. The molecule has 5 nitrogen and oxygen atoms in total. The first kappa shape index (κ1) is 12.2. The molecule has 0 aliphatic heterocycles. The van der Waals surface area contributed by atoms with E-state index in [0.29, 0.717) is 0 Å². The van der Waals surface area contributed by atoms with E-state index < -0.39 is 36.8 Å². The van der Waals surface area contributed by atoms with Crippen molar-refractivity contribution in [2.24, 2.45) is 0 Å². The van der Waals surface area contributed by atoms with E-state index in [1.54, 1.807) is 0 Å². The minimum atomic E-state index is -1.50. The number of aliphatic hydroxyl groups is 5. The van der Waals surface area contributed by atoms with E-state index in [2.05, 4.69) is 12.6 Å². The molecule has 0 heterocycles. The van der Waals surface area contributed by atoms with E-state index in [1.165, 1.54) is 0 Å². The van der Waals surface area contributed by atoms with Crippen LogP contribution in [0.3, 0.4) is 0 Å². The van der Waals surface area contributed by atoms with Crippen LogP contribution in [0.4, 0.5) is 0 Å². The molecule has 0 rings (SSSR count). The number of hydrogen-bond acceptors (Lipinski definition) is 6. The van der Waals surface area contributed by atoms with E-state index in [-0.39, 0.29) is 0 Å². The zero-order valence-corrected chi connectivity index (χ0v) is 7.30. The Hall–Kier alpha value is 0.150. The summed E-state index contributed by atoms with van der Waals surface area (Å²) in [5.74, 6) is 0. The maximum absolute atomic E-state index is 9.13. The maximum Gasteiger partial charge on any atom is 0.109 e. The minimum Gasteiger partial charge on any atom is -0.395 e. The Morgan fingerprint density at radius 2 is 1.42 bits per heavy atom. The third-order valence-electron chi connectivity index (χ3n) is 1.51. The van der Waals surface area contributed by atoms with Crippen LogP contribution >= 0.6 is 12.6 Å². The van der Waals surface area contributed by atoms with Crippen molar-refractivity contribution >= 4 is 12.6 Å². The Morgan fingerprint density at radius 3 is 1.75 bits per heavy atom. The van der Waals surface area contributed by atoms with E-state index in [1.807, 2.05) is 0 Å². The Morgan fingerprint density at radius 1 is 0.917 bits per heavy atom. The average molecular weight is 198 g/mol. The van der Waals surface area contributed by atoms with Crippen LogP contribution in [-0.4, -0.2) is 62.3 Å². The Labute approximate surface area is 75.7 Å². The molecule has 0 amide bonds. The lowest BCUT2D eigenvalue weighted by atomic mass is 10.1. The van der Waals surface area contributed by atoms with E-state index in [4.69, 9.17) is 25.5 Å². The van der Waals surface area contributed by atoms with Gasteiger partial charge >= 0.3 is 0 Å². The lowest BCUT2D eigenvalue weighted by molar-refractivity contribution is -0.0789. The smallest absolute Gasteiger partial charge is 0.109 e. The number of rotatable bonds is 5. The van der Waals surface area contributed by atoms with Crippen molar-refractivity contribution in [3.05, 3.63) is 0 Å². The fraction of sp³-hybridized carbons (Fsp3) is 1.00. The van der Waals surface area contributed by atoms with Crippen LogP contribution in [-0.2, 0) is 0 Å². The highest BCUT2D eigenvalue weighted by Crippen LogP contribution is 2.08. The van der Waals surface area contributed by atoms with E-state index in [0.717, 1.165) is 0 Å². The standard InChI is InChI=1S/C6H14O5S/c7-1-3(9)5(10)6(11)4(12)2-8/h3-12H,1-2H2/t3-,4+,5-,6-/m1/s1. The van der Waals surface area contributed by atoms with E-state index >= 15 is 0 Å². The third kappa shape index (κ3) is 3.26. The normalized spacial score (nSPS) is 21.5. The van der Waals surface area contributed by atoms with Crippen molar-refractivity contribution in [1.82, 2.24) is 0 Å². The average Bonchev–Trinajstić information content (AvgIpc) is 2.12. The second kappa shape index (κ2) is 5.74. The summed E-state index contributed by atoms with van der Waals surface area (Å²) in [6.45, 7) is -1.07. The molecule has 4 atom stereocenters. The van der Waals surface area contributed by atoms with Crippen LogP contribution in [0.25, 0.3) is 0 Å². The summed E-state index contributed by atoms with van der Waals surface area (Å²) >= 11 is 3.74. The highest BCUT2D eigenvalue weighted by atomic mass is 32.1. The molecule has 0 aromatic carbocycles.